The summed E-state index contributed by atoms with van der Waals surface area (Å²) in [5.74, 6) is 0.969. The number of hydrogen-bond acceptors (Lipinski definition) is 5. The van der Waals surface area contributed by atoms with Crippen molar-refractivity contribution in [1.29, 1.82) is 0 Å². The molecule has 1 saturated heterocycles. The van der Waals surface area contributed by atoms with Gasteiger partial charge in [0.15, 0.2) is 11.5 Å². The Morgan fingerprint density at radius 1 is 1.17 bits per heavy atom. The summed E-state index contributed by atoms with van der Waals surface area (Å²) in [6.45, 7) is 5.25. The number of anilines is 1. The average molecular weight is 311 g/mol. The highest BCUT2D eigenvalue weighted by Crippen LogP contribution is 2.20. The predicted octanol–water partition coefficient (Wildman–Crippen LogP) is 0.870. The lowest BCUT2D eigenvalue weighted by molar-refractivity contribution is 0.273. The molecule has 1 aliphatic heterocycles. The van der Waals surface area contributed by atoms with Crippen LogP contribution in [-0.4, -0.2) is 62.9 Å². The van der Waals surface area contributed by atoms with Crippen LogP contribution in [0.15, 0.2) is 12.7 Å². The van der Waals surface area contributed by atoms with E-state index in [4.69, 9.17) is 0 Å². The number of nitrogens with one attached hydrogen (secondary N) is 1. The largest absolute Gasteiger partial charge is 0.352 e. The van der Waals surface area contributed by atoms with Crippen molar-refractivity contribution in [1.82, 2.24) is 24.8 Å². The fraction of sp³-hybridized carbons (Fsp3) is 0.545. The van der Waals surface area contributed by atoms with Gasteiger partial charge in [-0.3, -0.25) is 4.90 Å². The number of hydrogen-bond donors (Lipinski definition) is 1. The number of piperazine rings is 1. The molecule has 1 aliphatic rings. The molecule has 0 aliphatic carbocycles. The Labute approximate surface area is 114 Å². The van der Waals surface area contributed by atoms with Gasteiger partial charge in [0, 0.05) is 38.1 Å². The summed E-state index contributed by atoms with van der Waals surface area (Å²) < 4.78 is 0. The molecule has 0 amide bonds. The number of halogens is 1. The highest BCUT2D eigenvalue weighted by atomic mass is 79.9. The van der Waals surface area contributed by atoms with Crippen LogP contribution in [0.2, 0.25) is 0 Å². The highest BCUT2D eigenvalue weighted by Gasteiger charge is 2.19. The van der Waals surface area contributed by atoms with Gasteiger partial charge >= 0.3 is 0 Å². The molecule has 0 radical (unpaired) electrons. The van der Waals surface area contributed by atoms with Crippen molar-refractivity contribution in [2.24, 2.45) is 0 Å². The number of aromatic amines is 1. The van der Waals surface area contributed by atoms with Crippen LogP contribution in [0.4, 0.5) is 5.82 Å². The second-order valence-corrected chi connectivity index (χ2v) is 5.11. The predicted molar refractivity (Wildman–Crippen MR) is 74.1 cm³/mol. The Bertz CT molecular complexity index is 519. The Morgan fingerprint density at radius 2 is 2.00 bits per heavy atom. The first-order valence-electron chi connectivity index (χ1n) is 6.06. The molecule has 1 N–H and O–H groups in total. The van der Waals surface area contributed by atoms with E-state index in [1.54, 1.807) is 12.7 Å². The van der Waals surface area contributed by atoms with Gasteiger partial charge in [0.25, 0.3) is 0 Å². The average Bonchev–Trinajstić information content (AvgIpc) is 2.88. The highest BCUT2D eigenvalue weighted by molar-refractivity contribution is 9.09. The van der Waals surface area contributed by atoms with E-state index in [1.165, 1.54) is 0 Å². The zero-order chi connectivity index (χ0) is 12.4. The lowest BCUT2D eigenvalue weighted by Crippen LogP contribution is -2.47. The summed E-state index contributed by atoms with van der Waals surface area (Å²) in [6.07, 6.45) is 3.26. The molecule has 96 valence electrons. The third-order valence-electron chi connectivity index (χ3n) is 3.28. The quantitative estimate of drug-likeness (QED) is 0.852. The molecule has 0 saturated carbocycles. The Kier molecular flexibility index (Phi) is 3.42. The first kappa shape index (κ1) is 11.9. The Balaban J connectivity index is 1.78. The van der Waals surface area contributed by atoms with Gasteiger partial charge in [0.2, 0.25) is 0 Å². The molecule has 1 fully saturated rings. The van der Waals surface area contributed by atoms with Crippen molar-refractivity contribution in [3.63, 3.8) is 0 Å². The van der Waals surface area contributed by atoms with E-state index in [2.05, 4.69) is 45.7 Å². The minimum Gasteiger partial charge on any atom is -0.352 e. The number of H-pyrrole nitrogens is 1. The second kappa shape index (κ2) is 5.19. The van der Waals surface area contributed by atoms with E-state index < -0.39 is 0 Å². The van der Waals surface area contributed by atoms with Crippen LogP contribution < -0.4 is 4.90 Å². The number of rotatable bonds is 3. The van der Waals surface area contributed by atoms with Crippen LogP contribution >= 0.6 is 15.9 Å². The Morgan fingerprint density at radius 3 is 2.78 bits per heavy atom. The summed E-state index contributed by atoms with van der Waals surface area (Å²) in [7, 11) is 0. The zero-order valence-electron chi connectivity index (χ0n) is 10.0. The van der Waals surface area contributed by atoms with Gasteiger partial charge in [-0.05, 0) is 0 Å². The Hall–Kier alpha value is -1.21. The molecular weight excluding hydrogens is 296 g/mol. The fourth-order valence-electron chi connectivity index (χ4n) is 2.29. The first-order chi connectivity index (χ1) is 8.88. The van der Waals surface area contributed by atoms with Crippen molar-refractivity contribution in [2.45, 2.75) is 0 Å². The molecule has 6 nitrogen and oxygen atoms in total. The molecular formula is C11H15BrN6. The van der Waals surface area contributed by atoms with Crippen LogP contribution in [0.3, 0.4) is 0 Å². The van der Waals surface area contributed by atoms with Gasteiger partial charge in [-0.15, -0.1) is 0 Å². The molecule has 3 rings (SSSR count). The normalized spacial score (nSPS) is 17.5. The number of alkyl halides is 1. The monoisotopic (exact) mass is 310 g/mol. The van der Waals surface area contributed by atoms with Gasteiger partial charge in [-0.2, -0.15) is 0 Å². The van der Waals surface area contributed by atoms with Crippen molar-refractivity contribution in [3.05, 3.63) is 12.7 Å². The SMILES string of the molecule is BrCCN1CCN(c2ncnc3nc[nH]c23)CC1. The van der Waals surface area contributed by atoms with Crippen LogP contribution in [-0.2, 0) is 0 Å². The summed E-state index contributed by atoms with van der Waals surface area (Å²) >= 11 is 3.48. The summed E-state index contributed by atoms with van der Waals surface area (Å²) in [6, 6.07) is 0. The maximum absolute atomic E-state index is 4.39. The maximum atomic E-state index is 4.39. The van der Waals surface area contributed by atoms with Gasteiger partial charge in [-0.1, -0.05) is 15.9 Å². The molecule has 0 aromatic carbocycles. The van der Waals surface area contributed by atoms with E-state index >= 15 is 0 Å². The number of aromatic nitrogens is 4. The lowest BCUT2D eigenvalue weighted by atomic mass is 10.3. The molecule has 2 aromatic rings. The van der Waals surface area contributed by atoms with Crippen LogP contribution in [0.25, 0.3) is 11.2 Å². The van der Waals surface area contributed by atoms with Crippen molar-refractivity contribution >= 4 is 32.9 Å². The van der Waals surface area contributed by atoms with E-state index in [1.807, 2.05) is 0 Å². The van der Waals surface area contributed by atoms with Crippen molar-refractivity contribution in [2.75, 3.05) is 43.0 Å². The molecule has 0 spiro atoms. The number of nitrogens with zero attached hydrogens (tertiary/aromatic N) is 5. The number of imidazole rings is 1. The van der Waals surface area contributed by atoms with Crippen molar-refractivity contribution < 1.29 is 0 Å². The third kappa shape index (κ3) is 2.20. The summed E-state index contributed by atoms with van der Waals surface area (Å²) in [5.41, 5.74) is 1.68. The number of fused-ring (bicyclic) bond motifs is 1. The molecule has 0 atom stereocenters. The van der Waals surface area contributed by atoms with Crippen LogP contribution in [0, 0.1) is 0 Å². The van der Waals surface area contributed by atoms with Gasteiger partial charge in [0.05, 0.1) is 6.33 Å². The minimum atomic E-state index is 0.739. The molecule has 7 heteroatoms. The standard InChI is InChI=1S/C11H15BrN6/c12-1-2-17-3-5-18(6-4-17)11-9-10(14-7-13-9)15-8-16-11/h7-8H,1-6H2,(H,13,14,15,16). The molecule has 3 heterocycles. The minimum absolute atomic E-state index is 0.739. The fourth-order valence-corrected chi connectivity index (χ4v) is 2.80. The first-order valence-corrected chi connectivity index (χ1v) is 7.18. The van der Waals surface area contributed by atoms with Gasteiger partial charge in [0.1, 0.15) is 11.8 Å². The third-order valence-corrected chi connectivity index (χ3v) is 3.63. The van der Waals surface area contributed by atoms with Gasteiger partial charge in [-0.25, -0.2) is 15.0 Å². The second-order valence-electron chi connectivity index (χ2n) is 4.32. The summed E-state index contributed by atoms with van der Waals surface area (Å²) in [5, 5.41) is 1.03. The van der Waals surface area contributed by atoms with Crippen LogP contribution in [0.1, 0.15) is 0 Å². The van der Waals surface area contributed by atoms with E-state index in [0.29, 0.717) is 0 Å². The van der Waals surface area contributed by atoms with Gasteiger partial charge < -0.3 is 9.88 Å². The lowest BCUT2D eigenvalue weighted by Gasteiger charge is -2.35. The van der Waals surface area contributed by atoms with E-state index in [9.17, 15) is 0 Å². The summed E-state index contributed by atoms with van der Waals surface area (Å²) in [4.78, 5) is 20.6. The van der Waals surface area contributed by atoms with Crippen molar-refractivity contribution in [3.8, 4) is 0 Å². The molecule has 0 bridgehead atoms. The zero-order valence-corrected chi connectivity index (χ0v) is 11.6. The van der Waals surface area contributed by atoms with E-state index in [0.717, 1.165) is 55.0 Å². The molecule has 2 aromatic heterocycles. The molecule has 18 heavy (non-hydrogen) atoms. The maximum Gasteiger partial charge on any atom is 0.182 e. The molecule has 0 unspecified atom stereocenters. The van der Waals surface area contributed by atoms with Crippen LogP contribution in [0.5, 0.6) is 0 Å². The topological polar surface area (TPSA) is 60.9 Å². The van der Waals surface area contributed by atoms with E-state index in [-0.39, 0.29) is 0 Å². The smallest absolute Gasteiger partial charge is 0.182 e.